The fourth-order valence-electron chi connectivity index (χ4n) is 1.80. The van der Waals surface area contributed by atoms with E-state index < -0.39 is 0 Å². The van der Waals surface area contributed by atoms with Gasteiger partial charge in [0, 0.05) is 0 Å². The third-order valence-corrected chi connectivity index (χ3v) is 3.53. The van der Waals surface area contributed by atoms with Crippen LogP contribution in [0.25, 0.3) is 6.08 Å². The number of aliphatic hydroxyl groups is 1. The van der Waals surface area contributed by atoms with Crippen LogP contribution in [0.1, 0.15) is 5.56 Å². The van der Waals surface area contributed by atoms with Gasteiger partial charge in [0.15, 0.2) is 0 Å². The fraction of sp³-hybridized carbons (Fsp3) is 0.143. The number of hydrogen-bond acceptors (Lipinski definition) is 5. The van der Waals surface area contributed by atoms with Crippen LogP contribution in [0.3, 0.4) is 0 Å². The number of carbonyl (C=O) groups excluding carboxylic acids is 1. The summed E-state index contributed by atoms with van der Waals surface area (Å²) in [6, 6.07) is 4.60. The van der Waals surface area contributed by atoms with Crippen molar-refractivity contribution in [1.29, 1.82) is 0 Å². The van der Waals surface area contributed by atoms with E-state index in [9.17, 15) is 9.90 Å². The van der Waals surface area contributed by atoms with E-state index in [-0.39, 0.29) is 24.8 Å². The van der Waals surface area contributed by atoms with Gasteiger partial charge in [-0.1, -0.05) is 0 Å². The third kappa shape index (κ3) is 3.90. The number of nitrogens with zero attached hydrogens (tertiary/aromatic N) is 2. The zero-order valence-corrected chi connectivity index (χ0v) is 13.5. The molecule has 5 N–H and O–H groups in total. The van der Waals surface area contributed by atoms with Crippen molar-refractivity contribution in [3.8, 4) is 5.75 Å². The van der Waals surface area contributed by atoms with Gasteiger partial charge in [0.25, 0.3) is 0 Å². The van der Waals surface area contributed by atoms with Crippen LogP contribution < -0.4 is 15.4 Å². The van der Waals surface area contributed by atoms with Gasteiger partial charge in [0.1, 0.15) is 0 Å². The maximum absolute atomic E-state index is 12.0. The molecule has 0 aliphatic rings. The molecule has 0 spiro atoms. The summed E-state index contributed by atoms with van der Waals surface area (Å²) < 4.78 is 2.23. The number of carbonyl (C=O) groups is 1. The van der Waals surface area contributed by atoms with Gasteiger partial charge in [-0.25, -0.2) is 0 Å². The summed E-state index contributed by atoms with van der Waals surface area (Å²) in [7, 11) is 0. The van der Waals surface area contributed by atoms with E-state index in [0.29, 0.717) is 17.1 Å². The first-order valence-electron chi connectivity index (χ1n) is 6.44. The zero-order valence-electron chi connectivity index (χ0n) is 11.6. The molecule has 0 unspecified atom stereocenters. The molecule has 0 saturated carbocycles. The molecule has 8 heteroatoms. The molecule has 2 aromatic rings. The summed E-state index contributed by atoms with van der Waals surface area (Å²) in [5.41, 5.74) is 6.58. The average molecular weight is 362 g/mol. The van der Waals surface area contributed by atoms with Crippen molar-refractivity contribution in [3.63, 3.8) is 0 Å². The van der Waals surface area contributed by atoms with Crippen molar-refractivity contribution < 1.29 is 15.0 Å². The number of amides is 1. The summed E-state index contributed by atoms with van der Waals surface area (Å²) in [6.45, 7) is 0.205. The third-order valence-electron chi connectivity index (χ3n) is 2.84. The number of nitrogens with one attached hydrogen (secondary N) is 1. The van der Waals surface area contributed by atoms with Crippen molar-refractivity contribution >= 4 is 44.7 Å². The van der Waals surface area contributed by atoms with Crippen LogP contribution in [0.15, 0.2) is 30.5 Å². The molecule has 0 aliphatic heterocycles. The number of aliphatic hydroxyl groups excluding tert-OH is 1. The minimum atomic E-state index is -0.381. The van der Waals surface area contributed by atoms with E-state index in [0.717, 1.165) is 4.35 Å². The van der Waals surface area contributed by atoms with Crippen LogP contribution in [-0.4, -0.2) is 49.4 Å². The number of aromatic nitrogens is 2. The minimum absolute atomic E-state index is 0.0384. The van der Waals surface area contributed by atoms with Crippen LogP contribution in [0.5, 0.6) is 5.75 Å². The summed E-state index contributed by atoms with van der Waals surface area (Å²) >= 11 is 2.30. The Morgan fingerprint density at radius 2 is 2.27 bits per heavy atom. The van der Waals surface area contributed by atoms with Crippen molar-refractivity contribution in [2.45, 2.75) is 6.54 Å². The molecule has 114 valence electrons. The second kappa shape index (κ2) is 7.15. The monoisotopic (exact) mass is 362 g/mol. The van der Waals surface area contributed by atoms with E-state index >= 15 is 0 Å². The van der Waals surface area contributed by atoms with E-state index in [2.05, 4.69) is 27.3 Å². The van der Waals surface area contributed by atoms with Gasteiger partial charge in [-0.05, 0) is 0 Å². The molecule has 1 amide bonds. The number of benzene rings is 1. The van der Waals surface area contributed by atoms with E-state index in [4.69, 9.17) is 10.8 Å². The molecule has 0 atom stereocenters. The number of phenols is 1. The molecule has 0 fully saturated rings. The van der Waals surface area contributed by atoms with E-state index in [1.807, 2.05) is 0 Å². The zero-order chi connectivity index (χ0) is 16.1. The summed E-state index contributed by atoms with van der Waals surface area (Å²) in [5, 5.41) is 25.4. The fourth-order valence-corrected chi connectivity index (χ4v) is 2.27. The van der Waals surface area contributed by atoms with Crippen LogP contribution in [0.4, 0.5) is 11.5 Å². The normalized spacial score (nSPS) is 11.0. The van der Waals surface area contributed by atoms with Crippen molar-refractivity contribution in [2.24, 2.45) is 0 Å². The van der Waals surface area contributed by atoms with Gasteiger partial charge in [-0.15, -0.1) is 0 Å². The molecular weight excluding hydrogens is 347 g/mol. The number of phenolic OH excluding ortho intramolecular Hbond substituents is 1. The Kier molecular flexibility index (Phi) is 5.25. The van der Waals surface area contributed by atoms with Crippen LogP contribution in [-0.2, 0) is 11.3 Å². The Balaban J connectivity index is 2.11. The van der Waals surface area contributed by atoms with Crippen molar-refractivity contribution in [2.75, 3.05) is 17.7 Å². The molecule has 1 heterocycles. The van der Waals surface area contributed by atoms with Gasteiger partial charge in [-0.2, -0.15) is 0 Å². The molecule has 2 radical (unpaired) electrons. The maximum atomic E-state index is 12.0. The van der Waals surface area contributed by atoms with Crippen LogP contribution >= 0.6 is 0 Å². The standard InChI is InChI=1S/C14H15AsN4O3/c15-11-8-17-19(5-6-20)14(11)18-13(22)4-1-9-7-10(16)2-3-12(9)21/h1-4,7-8,20-21H,5-6,16H2,(H,18,22). The molecule has 7 nitrogen and oxygen atoms in total. The summed E-state index contributed by atoms with van der Waals surface area (Å²) in [4.78, 5) is 12.0. The van der Waals surface area contributed by atoms with E-state index in [1.54, 1.807) is 18.3 Å². The number of rotatable bonds is 5. The first-order chi connectivity index (χ1) is 10.5. The predicted octanol–water partition coefficient (Wildman–Crippen LogP) is -0.391. The van der Waals surface area contributed by atoms with Crippen molar-refractivity contribution in [3.05, 3.63) is 36.0 Å². The van der Waals surface area contributed by atoms with Gasteiger partial charge in [0.05, 0.1) is 0 Å². The predicted molar refractivity (Wildman–Crippen MR) is 84.9 cm³/mol. The summed E-state index contributed by atoms with van der Waals surface area (Å²) in [5.74, 6) is 0.158. The van der Waals surface area contributed by atoms with Crippen LogP contribution in [0, 0.1) is 0 Å². The Hall–Kier alpha value is -2.24. The average Bonchev–Trinajstić information content (AvgIpc) is 2.82. The molecule has 22 heavy (non-hydrogen) atoms. The Morgan fingerprint density at radius 1 is 1.50 bits per heavy atom. The topological polar surface area (TPSA) is 113 Å². The van der Waals surface area contributed by atoms with Gasteiger partial charge >= 0.3 is 135 Å². The van der Waals surface area contributed by atoms with Gasteiger partial charge < -0.3 is 0 Å². The molecule has 0 saturated heterocycles. The first kappa shape index (κ1) is 16.1. The number of anilines is 2. The Labute approximate surface area is 135 Å². The number of aromatic hydroxyl groups is 1. The molecular formula is C14H15AsN4O3. The first-order valence-corrected chi connectivity index (χ1v) is 7.38. The Bertz CT molecular complexity index is 712. The number of hydrogen-bond donors (Lipinski definition) is 4. The number of nitrogen functional groups attached to an aromatic ring is 1. The van der Waals surface area contributed by atoms with Gasteiger partial charge in [-0.3, -0.25) is 0 Å². The number of nitrogens with two attached hydrogens (primary N) is 1. The molecule has 0 bridgehead atoms. The second-order valence-corrected chi connectivity index (χ2v) is 5.48. The quantitative estimate of drug-likeness (QED) is 0.250. The van der Waals surface area contributed by atoms with Gasteiger partial charge in [0.2, 0.25) is 0 Å². The molecule has 2 rings (SSSR count). The molecule has 1 aromatic heterocycles. The SMILES string of the molecule is Nc1ccc(O)c(C=CC(=O)Nc2c([As])cnn2CCO)c1. The Morgan fingerprint density at radius 3 is 3.00 bits per heavy atom. The van der Waals surface area contributed by atoms with Crippen LogP contribution in [0.2, 0.25) is 0 Å². The molecule has 0 aliphatic carbocycles. The molecule has 1 aromatic carbocycles. The second-order valence-electron chi connectivity index (χ2n) is 4.47. The van der Waals surface area contributed by atoms with E-state index in [1.165, 1.54) is 22.9 Å². The van der Waals surface area contributed by atoms with Crippen molar-refractivity contribution in [1.82, 2.24) is 9.78 Å². The summed E-state index contributed by atoms with van der Waals surface area (Å²) in [6.07, 6.45) is 4.34.